The van der Waals surface area contributed by atoms with Gasteiger partial charge in [0, 0.05) is 17.5 Å². The fourth-order valence-electron chi connectivity index (χ4n) is 5.24. The fraction of sp³-hybridized carbons (Fsp3) is 0.500. The van der Waals surface area contributed by atoms with E-state index in [1.54, 1.807) is 12.1 Å². The van der Waals surface area contributed by atoms with E-state index in [4.69, 9.17) is 19.9 Å². The van der Waals surface area contributed by atoms with Crippen LogP contribution in [0, 0.1) is 56.7 Å². The standard InChI is InChI=1S/C26H30N4O3/c1-25(2,3)15-7-8-16-17(9-15)23(26(13-28,14-29)24(30)19(16)12-27)18-10-21(32-5)22(33-6)11-20(18)31-4/h8,10-11,15,17,23H,7,9,30H2,1-6H3/t15-,17+,23+/m0/s1. The van der Waals surface area contributed by atoms with Crippen LogP contribution in [0.15, 0.2) is 35.1 Å². The van der Waals surface area contributed by atoms with Crippen LogP contribution in [0.2, 0.25) is 0 Å². The predicted octanol–water partition coefficient (Wildman–Crippen LogP) is 4.58. The molecular weight excluding hydrogens is 416 g/mol. The highest BCUT2D eigenvalue weighted by molar-refractivity contribution is 5.62. The van der Waals surface area contributed by atoms with Gasteiger partial charge in [0.15, 0.2) is 16.9 Å². The first kappa shape index (κ1) is 24.0. The Morgan fingerprint density at radius 1 is 0.970 bits per heavy atom. The lowest BCUT2D eigenvalue weighted by atomic mass is 9.54. The molecular formula is C26H30N4O3. The van der Waals surface area contributed by atoms with E-state index in [1.807, 2.05) is 0 Å². The lowest BCUT2D eigenvalue weighted by Gasteiger charge is -2.47. The first-order valence-electron chi connectivity index (χ1n) is 10.9. The van der Waals surface area contributed by atoms with Gasteiger partial charge in [-0.1, -0.05) is 26.8 Å². The molecule has 0 fully saturated rings. The number of hydrogen-bond donors (Lipinski definition) is 1. The molecule has 3 atom stereocenters. The van der Waals surface area contributed by atoms with Gasteiger partial charge in [0.25, 0.3) is 0 Å². The summed E-state index contributed by atoms with van der Waals surface area (Å²) in [6, 6.07) is 10.0. The predicted molar refractivity (Wildman–Crippen MR) is 123 cm³/mol. The Morgan fingerprint density at radius 3 is 2.03 bits per heavy atom. The van der Waals surface area contributed by atoms with Gasteiger partial charge in [-0.3, -0.25) is 0 Å². The van der Waals surface area contributed by atoms with Crippen LogP contribution in [0.3, 0.4) is 0 Å². The second-order valence-corrected chi connectivity index (χ2v) is 9.66. The monoisotopic (exact) mass is 446 g/mol. The van der Waals surface area contributed by atoms with Crippen molar-refractivity contribution < 1.29 is 14.2 Å². The van der Waals surface area contributed by atoms with Crippen molar-refractivity contribution in [3.63, 3.8) is 0 Å². The molecule has 0 aliphatic heterocycles. The van der Waals surface area contributed by atoms with E-state index in [0.29, 0.717) is 35.2 Å². The van der Waals surface area contributed by atoms with Crippen LogP contribution in [0.4, 0.5) is 0 Å². The Labute approximate surface area is 195 Å². The molecule has 7 nitrogen and oxygen atoms in total. The third-order valence-electron chi connectivity index (χ3n) is 7.17. The molecule has 0 radical (unpaired) electrons. The number of hydrogen-bond acceptors (Lipinski definition) is 7. The third-order valence-corrected chi connectivity index (χ3v) is 7.17. The van der Waals surface area contributed by atoms with Crippen LogP contribution in [-0.2, 0) is 0 Å². The minimum atomic E-state index is -1.74. The molecule has 0 spiro atoms. The number of fused-ring (bicyclic) bond motifs is 1. The van der Waals surface area contributed by atoms with Gasteiger partial charge < -0.3 is 19.9 Å². The summed E-state index contributed by atoms with van der Waals surface area (Å²) in [6.07, 6.45) is 3.57. The van der Waals surface area contributed by atoms with Crippen molar-refractivity contribution in [3.8, 4) is 35.5 Å². The van der Waals surface area contributed by atoms with Crippen molar-refractivity contribution in [2.24, 2.45) is 28.4 Å². The molecule has 2 N–H and O–H groups in total. The summed E-state index contributed by atoms with van der Waals surface area (Å²) < 4.78 is 16.6. The minimum absolute atomic E-state index is 0.00598. The van der Waals surface area contributed by atoms with E-state index in [2.05, 4.69) is 45.1 Å². The van der Waals surface area contributed by atoms with Crippen molar-refractivity contribution in [2.75, 3.05) is 21.3 Å². The first-order chi connectivity index (χ1) is 15.6. The fourth-order valence-corrected chi connectivity index (χ4v) is 5.24. The molecule has 1 aromatic rings. The SMILES string of the molecule is COc1cc(OC)c([C@H]2[C@@H]3C[C@@H](C(C)(C)C)CC=C3C(C#N)=C(N)C2(C#N)C#N)cc1OC. The minimum Gasteiger partial charge on any atom is -0.496 e. The maximum absolute atomic E-state index is 10.4. The number of allylic oxidation sites excluding steroid dienone is 4. The van der Waals surface area contributed by atoms with Crippen molar-refractivity contribution in [1.29, 1.82) is 15.8 Å². The van der Waals surface area contributed by atoms with Crippen LogP contribution >= 0.6 is 0 Å². The molecule has 0 amide bonds. The summed E-state index contributed by atoms with van der Waals surface area (Å²) in [5.41, 5.74) is 6.38. The van der Waals surface area contributed by atoms with Gasteiger partial charge in [0.05, 0.1) is 44.7 Å². The number of nitrogens with zero attached hydrogens (tertiary/aromatic N) is 3. The third kappa shape index (κ3) is 3.66. The Balaban J connectivity index is 2.39. The number of benzene rings is 1. The summed E-state index contributed by atoms with van der Waals surface area (Å²) >= 11 is 0. The van der Waals surface area contributed by atoms with Crippen molar-refractivity contribution in [3.05, 3.63) is 40.6 Å². The van der Waals surface area contributed by atoms with Gasteiger partial charge in [-0.05, 0) is 41.7 Å². The second-order valence-electron chi connectivity index (χ2n) is 9.66. The summed E-state index contributed by atoms with van der Waals surface area (Å²) in [7, 11) is 4.59. The molecule has 0 saturated carbocycles. The van der Waals surface area contributed by atoms with E-state index in [0.717, 1.165) is 12.0 Å². The maximum atomic E-state index is 10.4. The average Bonchev–Trinajstić information content (AvgIpc) is 2.81. The Morgan fingerprint density at radius 2 is 1.55 bits per heavy atom. The summed E-state index contributed by atoms with van der Waals surface area (Å²) in [4.78, 5) is 0. The zero-order valence-corrected chi connectivity index (χ0v) is 20.0. The summed E-state index contributed by atoms with van der Waals surface area (Å²) in [5.74, 6) is 0.779. The van der Waals surface area contributed by atoms with Gasteiger partial charge in [-0.2, -0.15) is 15.8 Å². The van der Waals surface area contributed by atoms with Crippen LogP contribution in [-0.4, -0.2) is 21.3 Å². The topological polar surface area (TPSA) is 125 Å². The van der Waals surface area contributed by atoms with Crippen LogP contribution in [0.5, 0.6) is 17.2 Å². The van der Waals surface area contributed by atoms with E-state index in [1.165, 1.54) is 21.3 Å². The van der Waals surface area contributed by atoms with Crippen molar-refractivity contribution in [2.45, 2.75) is 39.5 Å². The van der Waals surface area contributed by atoms with E-state index in [-0.39, 0.29) is 22.6 Å². The van der Waals surface area contributed by atoms with E-state index >= 15 is 0 Å². The number of nitrogens with two attached hydrogens (primary N) is 1. The maximum Gasteiger partial charge on any atom is 0.191 e. The number of nitriles is 3. The van der Waals surface area contributed by atoms with E-state index < -0.39 is 11.3 Å². The van der Waals surface area contributed by atoms with E-state index in [9.17, 15) is 15.8 Å². The molecule has 7 heteroatoms. The normalized spacial score (nSPS) is 23.8. The lowest BCUT2D eigenvalue weighted by molar-refractivity contribution is 0.169. The van der Waals surface area contributed by atoms with Gasteiger partial charge in [-0.25, -0.2) is 0 Å². The molecule has 3 rings (SSSR count). The molecule has 0 saturated heterocycles. The second kappa shape index (κ2) is 8.72. The summed E-state index contributed by atoms with van der Waals surface area (Å²) in [5, 5.41) is 30.7. The smallest absolute Gasteiger partial charge is 0.191 e. The van der Waals surface area contributed by atoms with Crippen LogP contribution in [0.1, 0.15) is 45.1 Å². The number of ether oxygens (including phenoxy) is 3. The lowest BCUT2D eigenvalue weighted by Crippen LogP contribution is -2.44. The summed E-state index contributed by atoms with van der Waals surface area (Å²) in [6.45, 7) is 6.55. The zero-order chi connectivity index (χ0) is 24.6. The van der Waals surface area contributed by atoms with Crippen molar-refractivity contribution >= 4 is 0 Å². The molecule has 1 aromatic carbocycles. The highest BCUT2D eigenvalue weighted by Crippen LogP contribution is 2.59. The molecule has 2 aliphatic carbocycles. The first-order valence-corrected chi connectivity index (χ1v) is 10.9. The van der Waals surface area contributed by atoms with Gasteiger partial charge in [0.1, 0.15) is 11.8 Å². The zero-order valence-electron chi connectivity index (χ0n) is 20.0. The quantitative estimate of drug-likeness (QED) is 0.717. The van der Waals surface area contributed by atoms with Gasteiger partial charge in [-0.15, -0.1) is 0 Å². The van der Waals surface area contributed by atoms with Gasteiger partial charge in [0.2, 0.25) is 0 Å². The van der Waals surface area contributed by atoms with Crippen LogP contribution in [0.25, 0.3) is 0 Å². The van der Waals surface area contributed by atoms with Gasteiger partial charge >= 0.3 is 0 Å². The molecule has 0 unspecified atom stereocenters. The Bertz CT molecular complexity index is 1120. The van der Waals surface area contributed by atoms with Crippen molar-refractivity contribution in [1.82, 2.24) is 0 Å². The Hall–Kier alpha value is -3.63. The van der Waals surface area contributed by atoms with Crippen LogP contribution < -0.4 is 19.9 Å². The molecule has 0 aromatic heterocycles. The number of methoxy groups -OCH3 is 3. The number of rotatable bonds is 4. The molecule has 2 aliphatic rings. The highest BCUT2D eigenvalue weighted by Gasteiger charge is 2.56. The molecule has 33 heavy (non-hydrogen) atoms. The molecule has 0 bridgehead atoms. The largest absolute Gasteiger partial charge is 0.496 e. The Kier molecular flexibility index (Phi) is 6.35. The molecule has 172 valence electrons. The highest BCUT2D eigenvalue weighted by atomic mass is 16.5. The average molecular weight is 447 g/mol. The molecule has 0 heterocycles.